The van der Waals surface area contributed by atoms with E-state index in [1.807, 2.05) is 13.0 Å². The first-order chi connectivity index (χ1) is 13.3. The van der Waals surface area contributed by atoms with Crippen LogP contribution in [0.5, 0.6) is 0 Å². The summed E-state index contributed by atoms with van der Waals surface area (Å²) in [5.74, 6) is 0.375. The van der Waals surface area contributed by atoms with Gasteiger partial charge in [0.2, 0.25) is 5.91 Å². The average Bonchev–Trinajstić information content (AvgIpc) is 2.63. The molecule has 9 heteroatoms. The largest absolute Gasteiger partial charge is 0.339 e. The summed E-state index contributed by atoms with van der Waals surface area (Å²) >= 11 is 0. The Kier molecular flexibility index (Phi) is 5.55. The van der Waals surface area contributed by atoms with Crippen molar-refractivity contribution in [3.05, 3.63) is 66.2 Å². The number of rotatable bonds is 6. The molecule has 2 aromatic carbocycles. The number of carbonyl (C=O) groups excluding carboxylic acids is 1. The average molecular weight is 397 g/mol. The highest BCUT2D eigenvalue weighted by atomic mass is 32.2. The molecule has 144 valence electrons. The maximum Gasteiger partial charge on any atom is 0.263 e. The number of sulfonamides is 1. The Morgan fingerprint density at radius 3 is 2.25 bits per heavy atom. The van der Waals surface area contributed by atoms with Gasteiger partial charge in [-0.1, -0.05) is 18.2 Å². The van der Waals surface area contributed by atoms with Gasteiger partial charge in [-0.15, -0.1) is 10.2 Å². The molecule has 0 aliphatic heterocycles. The van der Waals surface area contributed by atoms with Crippen LogP contribution in [0.3, 0.4) is 0 Å². The summed E-state index contributed by atoms with van der Waals surface area (Å²) in [4.78, 5) is 11.3. The second-order valence-corrected chi connectivity index (χ2v) is 7.80. The van der Waals surface area contributed by atoms with E-state index in [1.165, 1.54) is 19.1 Å². The van der Waals surface area contributed by atoms with Crippen molar-refractivity contribution in [1.82, 2.24) is 10.2 Å². The number of hydrogen-bond donors (Lipinski definition) is 3. The summed E-state index contributed by atoms with van der Waals surface area (Å²) in [6.07, 6.45) is 0. The second kappa shape index (κ2) is 8.05. The van der Waals surface area contributed by atoms with Crippen molar-refractivity contribution in [3.8, 4) is 0 Å². The van der Waals surface area contributed by atoms with E-state index in [-0.39, 0.29) is 16.6 Å². The standard InChI is InChI=1S/C19H19N5O3S/c1-13-5-3-8-17(11-13)28(26,27)24-19-10-9-18(22-23-19)21-16-7-4-6-15(12-16)20-14(2)25/h3-12H,1-2H3,(H,20,25)(H,21,22)(H,23,24). The molecule has 0 atom stereocenters. The van der Waals surface area contributed by atoms with Gasteiger partial charge in [-0.3, -0.25) is 9.52 Å². The van der Waals surface area contributed by atoms with Crippen molar-refractivity contribution in [3.63, 3.8) is 0 Å². The zero-order valence-electron chi connectivity index (χ0n) is 15.3. The first-order valence-corrected chi connectivity index (χ1v) is 9.88. The molecule has 0 saturated heterocycles. The van der Waals surface area contributed by atoms with Crippen LogP contribution in [0.4, 0.5) is 23.0 Å². The van der Waals surface area contributed by atoms with Crippen LogP contribution in [0.2, 0.25) is 0 Å². The molecule has 3 N–H and O–H groups in total. The molecule has 0 saturated carbocycles. The summed E-state index contributed by atoms with van der Waals surface area (Å²) in [5, 5.41) is 13.6. The predicted molar refractivity (Wildman–Crippen MR) is 108 cm³/mol. The molecule has 0 bridgehead atoms. The lowest BCUT2D eigenvalue weighted by atomic mass is 10.2. The van der Waals surface area contributed by atoms with Gasteiger partial charge in [0.15, 0.2) is 11.6 Å². The molecule has 28 heavy (non-hydrogen) atoms. The van der Waals surface area contributed by atoms with E-state index in [0.717, 1.165) is 5.56 Å². The molecule has 0 aliphatic carbocycles. The monoisotopic (exact) mass is 397 g/mol. The number of nitrogens with one attached hydrogen (secondary N) is 3. The summed E-state index contributed by atoms with van der Waals surface area (Å²) < 4.78 is 27.3. The molecular formula is C19H19N5O3S. The number of aromatic nitrogens is 2. The van der Waals surface area contributed by atoms with Crippen LogP contribution < -0.4 is 15.4 Å². The van der Waals surface area contributed by atoms with Crippen LogP contribution in [-0.2, 0) is 14.8 Å². The molecule has 3 rings (SSSR count). The Hall–Kier alpha value is -3.46. The molecule has 0 aliphatic rings. The normalized spacial score (nSPS) is 10.9. The minimum absolute atomic E-state index is 0.110. The molecule has 0 spiro atoms. The van der Waals surface area contributed by atoms with Crippen molar-refractivity contribution >= 4 is 38.9 Å². The van der Waals surface area contributed by atoms with Crippen LogP contribution in [0.25, 0.3) is 0 Å². The van der Waals surface area contributed by atoms with Crippen molar-refractivity contribution in [2.75, 3.05) is 15.4 Å². The molecule has 0 unspecified atom stereocenters. The Labute approximate surface area is 163 Å². The first kappa shape index (κ1) is 19.3. The van der Waals surface area contributed by atoms with Crippen LogP contribution in [0.15, 0.2) is 65.6 Å². The summed E-state index contributed by atoms with van der Waals surface area (Å²) in [5.41, 5.74) is 2.19. The number of aryl methyl sites for hydroxylation is 1. The summed E-state index contributed by atoms with van der Waals surface area (Å²) in [6.45, 7) is 3.25. The lowest BCUT2D eigenvalue weighted by Crippen LogP contribution is -2.14. The van der Waals surface area contributed by atoms with Crippen LogP contribution in [-0.4, -0.2) is 24.5 Å². The Morgan fingerprint density at radius 2 is 1.57 bits per heavy atom. The predicted octanol–water partition coefficient (Wildman–Crippen LogP) is 3.29. The van der Waals surface area contributed by atoms with E-state index in [2.05, 4.69) is 25.6 Å². The highest BCUT2D eigenvalue weighted by Gasteiger charge is 2.15. The van der Waals surface area contributed by atoms with Gasteiger partial charge in [0, 0.05) is 18.3 Å². The highest BCUT2D eigenvalue weighted by Crippen LogP contribution is 2.20. The Bertz CT molecular complexity index is 1100. The molecular weight excluding hydrogens is 378 g/mol. The molecule has 1 amide bonds. The van der Waals surface area contributed by atoms with E-state index in [4.69, 9.17) is 0 Å². The molecule has 3 aromatic rings. The minimum Gasteiger partial charge on any atom is -0.339 e. The summed E-state index contributed by atoms with van der Waals surface area (Å²) in [7, 11) is -3.74. The van der Waals surface area contributed by atoms with Crippen LogP contribution in [0.1, 0.15) is 12.5 Å². The van der Waals surface area contributed by atoms with Gasteiger partial charge < -0.3 is 10.6 Å². The van der Waals surface area contributed by atoms with Gasteiger partial charge in [0.1, 0.15) is 0 Å². The fraction of sp³-hybridized carbons (Fsp3) is 0.105. The lowest BCUT2D eigenvalue weighted by Gasteiger charge is -2.09. The smallest absolute Gasteiger partial charge is 0.263 e. The third-order valence-electron chi connectivity index (χ3n) is 3.66. The lowest BCUT2D eigenvalue weighted by molar-refractivity contribution is -0.114. The van der Waals surface area contributed by atoms with Gasteiger partial charge in [-0.05, 0) is 55.0 Å². The minimum atomic E-state index is -3.74. The topological polar surface area (TPSA) is 113 Å². The maximum atomic E-state index is 12.4. The highest BCUT2D eigenvalue weighted by molar-refractivity contribution is 7.92. The third-order valence-corrected chi connectivity index (χ3v) is 5.01. The zero-order chi connectivity index (χ0) is 20.1. The molecule has 0 radical (unpaired) electrons. The number of nitrogens with zero attached hydrogens (tertiary/aromatic N) is 2. The van der Waals surface area contributed by atoms with E-state index in [0.29, 0.717) is 17.2 Å². The zero-order valence-corrected chi connectivity index (χ0v) is 16.1. The number of amides is 1. The van der Waals surface area contributed by atoms with Gasteiger partial charge in [0.25, 0.3) is 10.0 Å². The Balaban J connectivity index is 1.71. The van der Waals surface area contributed by atoms with Crippen molar-refractivity contribution in [2.24, 2.45) is 0 Å². The molecule has 1 heterocycles. The quantitative estimate of drug-likeness (QED) is 0.588. The maximum absolute atomic E-state index is 12.4. The number of anilines is 4. The van der Waals surface area contributed by atoms with E-state index < -0.39 is 10.0 Å². The van der Waals surface area contributed by atoms with E-state index in [1.54, 1.807) is 42.5 Å². The van der Waals surface area contributed by atoms with Crippen molar-refractivity contribution in [2.45, 2.75) is 18.7 Å². The number of hydrogen-bond acceptors (Lipinski definition) is 6. The van der Waals surface area contributed by atoms with Gasteiger partial charge >= 0.3 is 0 Å². The SMILES string of the molecule is CC(=O)Nc1cccc(Nc2ccc(NS(=O)(=O)c3cccc(C)c3)nn2)c1. The van der Waals surface area contributed by atoms with Gasteiger partial charge in [0.05, 0.1) is 4.90 Å². The number of benzene rings is 2. The van der Waals surface area contributed by atoms with Crippen molar-refractivity contribution < 1.29 is 13.2 Å². The van der Waals surface area contributed by atoms with E-state index in [9.17, 15) is 13.2 Å². The second-order valence-electron chi connectivity index (χ2n) is 6.11. The van der Waals surface area contributed by atoms with E-state index >= 15 is 0 Å². The fourth-order valence-corrected chi connectivity index (χ4v) is 3.56. The molecule has 0 fully saturated rings. The summed E-state index contributed by atoms with van der Waals surface area (Å²) in [6, 6.07) is 16.8. The van der Waals surface area contributed by atoms with Crippen LogP contribution >= 0.6 is 0 Å². The fourth-order valence-electron chi connectivity index (χ4n) is 2.46. The first-order valence-electron chi connectivity index (χ1n) is 8.40. The molecule has 1 aromatic heterocycles. The third kappa shape index (κ3) is 5.04. The number of carbonyl (C=O) groups is 1. The van der Waals surface area contributed by atoms with Gasteiger partial charge in [-0.25, -0.2) is 8.42 Å². The van der Waals surface area contributed by atoms with Gasteiger partial charge in [-0.2, -0.15) is 0 Å². The molecule has 8 nitrogen and oxygen atoms in total. The van der Waals surface area contributed by atoms with Crippen molar-refractivity contribution in [1.29, 1.82) is 0 Å². The van der Waals surface area contributed by atoms with Crippen LogP contribution in [0, 0.1) is 6.92 Å². The Morgan fingerprint density at radius 1 is 0.893 bits per heavy atom.